The summed E-state index contributed by atoms with van der Waals surface area (Å²) in [6, 6.07) is -0.428. The van der Waals surface area contributed by atoms with Gasteiger partial charge in [0.15, 0.2) is 0 Å². The molecule has 2 amide bonds. The number of piperidine rings is 1. The number of thiazole rings is 1. The Bertz CT molecular complexity index is 422. The quantitative estimate of drug-likeness (QED) is 0.841. The van der Waals surface area contributed by atoms with E-state index in [-0.39, 0.29) is 5.91 Å². The number of hydrogen-bond donors (Lipinski definition) is 1. The topological polar surface area (TPSA) is 76.3 Å². The molecule has 0 aliphatic carbocycles. The van der Waals surface area contributed by atoms with Crippen LogP contribution in [0.3, 0.4) is 0 Å². The van der Waals surface area contributed by atoms with Crippen LogP contribution in [0.25, 0.3) is 0 Å². The summed E-state index contributed by atoms with van der Waals surface area (Å²) in [5.41, 5.74) is 5.34. The van der Waals surface area contributed by atoms with E-state index in [2.05, 4.69) is 4.98 Å². The first-order chi connectivity index (χ1) is 8.68. The molecule has 7 heteroatoms. The molecule has 0 aromatic carbocycles. The summed E-state index contributed by atoms with van der Waals surface area (Å²) in [6.07, 6.45) is 4.29. The van der Waals surface area contributed by atoms with Gasteiger partial charge in [-0.15, -0.1) is 11.3 Å². The fourth-order valence-electron chi connectivity index (χ4n) is 2.01. The van der Waals surface area contributed by atoms with E-state index >= 15 is 0 Å². The Labute approximate surface area is 114 Å². The number of rotatable bonds is 4. The van der Waals surface area contributed by atoms with Gasteiger partial charge in [-0.05, 0) is 19.3 Å². The van der Waals surface area contributed by atoms with Crippen molar-refractivity contribution in [3.8, 4) is 0 Å². The highest BCUT2D eigenvalue weighted by atomic mass is 32.2. The van der Waals surface area contributed by atoms with Crippen molar-refractivity contribution in [2.45, 2.75) is 29.6 Å². The Morgan fingerprint density at radius 3 is 3.06 bits per heavy atom. The van der Waals surface area contributed by atoms with Crippen LogP contribution < -0.4 is 5.73 Å². The number of carbonyl (C=O) groups excluding carboxylic acids is 2. The number of hydrogen-bond acceptors (Lipinski definition) is 5. The van der Waals surface area contributed by atoms with Crippen molar-refractivity contribution >= 4 is 34.9 Å². The van der Waals surface area contributed by atoms with Crippen molar-refractivity contribution in [1.29, 1.82) is 0 Å². The van der Waals surface area contributed by atoms with Crippen LogP contribution in [0.1, 0.15) is 19.3 Å². The summed E-state index contributed by atoms with van der Waals surface area (Å²) in [4.78, 5) is 29.1. The maximum Gasteiger partial charge on any atom is 0.240 e. The van der Waals surface area contributed by atoms with E-state index in [0.717, 1.165) is 17.2 Å². The van der Waals surface area contributed by atoms with Gasteiger partial charge in [0, 0.05) is 18.1 Å². The van der Waals surface area contributed by atoms with Gasteiger partial charge in [-0.1, -0.05) is 11.8 Å². The normalized spacial score (nSPS) is 19.8. The van der Waals surface area contributed by atoms with Crippen LogP contribution in [0, 0.1) is 0 Å². The average Bonchev–Trinajstić information content (AvgIpc) is 2.89. The first-order valence-corrected chi connectivity index (χ1v) is 7.66. The van der Waals surface area contributed by atoms with Crippen LogP contribution in [0.5, 0.6) is 0 Å². The Kier molecular flexibility index (Phi) is 4.60. The smallest absolute Gasteiger partial charge is 0.240 e. The third-order valence-corrected chi connectivity index (χ3v) is 4.83. The molecule has 1 atom stereocenters. The number of thioether (sulfide) groups is 1. The van der Waals surface area contributed by atoms with E-state index in [1.54, 1.807) is 11.1 Å². The number of carbonyl (C=O) groups is 2. The minimum absolute atomic E-state index is 0.0290. The van der Waals surface area contributed by atoms with Crippen molar-refractivity contribution in [1.82, 2.24) is 9.88 Å². The van der Waals surface area contributed by atoms with Gasteiger partial charge in [-0.2, -0.15) is 0 Å². The second-order valence-electron chi connectivity index (χ2n) is 4.09. The molecule has 0 saturated carbocycles. The van der Waals surface area contributed by atoms with Gasteiger partial charge < -0.3 is 10.6 Å². The van der Waals surface area contributed by atoms with Crippen molar-refractivity contribution < 1.29 is 9.59 Å². The van der Waals surface area contributed by atoms with E-state index in [1.807, 2.05) is 5.38 Å². The van der Waals surface area contributed by atoms with Crippen molar-refractivity contribution in [3.63, 3.8) is 0 Å². The molecule has 2 N–H and O–H groups in total. The molecule has 1 aliphatic heterocycles. The molecule has 1 aromatic heterocycles. The molecular formula is C11H15N3O2S2. The first kappa shape index (κ1) is 13.4. The molecule has 1 aromatic rings. The summed E-state index contributed by atoms with van der Waals surface area (Å²) >= 11 is 2.91. The lowest BCUT2D eigenvalue weighted by atomic mass is 10.0. The zero-order valence-electron chi connectivity index (χ0n) is 9.87. The second kappa shape index (κ2) is 6.19. The van der Waals surface area contributed by atoms with E-state index < -0.39 is 11.9 Å². The van der Waals surface area contributed by atoms with Gasteiger partial charge in [0.25, 0.3) is 0 Å². The molecule has 1 fully saturated rings. The summed E-state index contributed by atoms with van der Waals surface area (Å²) in [6.45, 7) is 0.630. The highest BCUT2D eigenvalue weighted by Gasteiger charge is 2.30. The zero-order valence-corrected chi connectivity index (χ0v) is 11.5. The van der Waals surface area contributed by atoms with Gasteiger partial charge in [-0.25, -0.2) is 4.98 Å². The Hall–Kier alpha value is -1.08. The molecule has 0 spiro atoms. The van der Waals surface area contributed by atoms with E-state index in [1.165, 1.54) is 23.1 Å². The van der Waals surface area contributed by atoms with E-state index in [0.29, 0.717) is 18.7 Å². The third kappa shape index (κ3) is 3.23. The highest BCUT2D eigenvalue weighted by Crippen LogP contribution is 2.23. The van der Waals surface area contributed by atoms with Crippen LogP contribution in [0.15, 0.2) is 15.9 Å². The van der Waals surface area contributed by atoms with Gasteiger partial charge in [0.2, 0.25) is 11.8 Å². The molecule has 5 nitrogen and oxygen atoms in total. The highest BCUT2D eigenvalue weighted by molar-refractivity contribution is 8.01. The van der Waals surface area contributed by atoms with Crippen LogP contribution in [0.2, 0.25) is 0 Å². The first-order valence-electron chi connectivity index (χ1n) is 5.79. The fraction of sp³-hybridized carbons (Fsp3) is 0.545. The number of aromatic nitrogens is 1. The summed E-state index contributed by atoms with van der Waals surface area (Å²) in [7, 11) is 0. The number of likely N-dealkylation sites (tertiary alicyclic amines) is 1. The van der Waals surface area contributed by atoms with Crippen molar-refractivity contribution in [2.75, 3.05) is 12.3 Å². The van der Waals surface area contributed by atoms with Crippen molar-refractivity contribution in [3.05, 3.63) is 11.6 Å². The molecule has 2 heterocycles. The van der Waals surface area contributed by atoms with Gasteiger partial charge in [-0.3, -0.25) is 9.59 Å². The van der Waals surface area contributed by atoms with Gasteiger partial charge in [0.05, 0.1) is 5.75 Å². The number of amides is 2. The number of nitrogens with two attached hydrogens (primary N) is 1. The van der Waals surface area contributed by atoms with E-state index in [4.69, 9.17) is 5.73 Å². The Morgan fingerprint density at radius 2 is 2.39 bits per heavy atom. The molecule has 18 heavy (non-hydrogen) atoms. The Balaban J connectivity index is 1.92. The lowest BCUT2D eigenvalue weighted by Crippen LogP contribution is -2.51. The monoisotopic (exact) mass is 285 g/mol. The maximum absolute atomic E-state index is 12.1. The summed E-state index contributed by atoms with van der Waals surface area (Å²) < 4.78 is 0.871. The molecule has 98 valence electrons. The lowest BCUT2D eigenvalue weighted by molar-refractivity contribution is -0.138. The SMILES string of the molecule is NC(=O)[C@@H]1CCCCN1C(=O)CSc1nccs1. The molecule has 1 saturated heterocycles. The molecular weight excluding hydrogens is 270 g/mol. The Morgan fingerprint density at radius 1 is 1.56 bits per heavy atom. The minimum Gasteiger partial charge on any atom is -0.368 e. The number of primary amides is 1. The average molecular weight is 285 g/mol. The largest absolute Gasteiger partial charge is 0.368 e. The minimum atomic E-state index is -0.428. The maximum atomic E-state index is 12.1. The molecule has 1 aliphatic rings. The molecule has 0 unspecified atom stereocenters. The zero-order chi connectivity index (χ0) is 13.0. The predicted molar refractivity (Wildman–Crippen MR) is 71.4 cm³/mol. The third-order valence-electron chi connectivity index (χ3n) is 2.88. The standard InChI is InChI=1S/C11H15N3O2S2/c12-10(16)8-3-1-2-5-14(8)9(15)7-18-11-13-4-6-17-11/h4,6,8H,1-3,5,7H2,(H2,12,16)/t8-/m0/s1. The summed E-state index contributed by atoms with van der Waals surface area (Å²) in [5.74, 6) is -0.113. The predicted octanol–water partition coefficient (Wildman–Crippen LogP) is 1.10. The fourth-order valence-corrected chi connectivity index (χ4v) is 3.54. The number of nitrogens with zero attached hydrogens (tertiary/aromatic N) is 2. The molecule has 0 bridgehead atoms. The van der Waals surface area contributed by atoms with Gasteiger partial charge >= 0.3 is 0 Å². The summed E-state index contributed by atoms with van der Waals surface area (Å²) in [5, 5.41) is 1.87. The molecule has 2 rings (SSSR count). The molecule has 0 radical (unpaired) electrons. The van der Waals surface area contributed by atoms with Crippen LogP contribution in [0.4, 0.5) is 0 Å². The van der Waals surface area contributed by atoms with Crippen LogP contribution >= 0.6 is 23.1 Å². The van der Waals surface area contributed by atoms with Crippen LogP contribution in [-0.4, -0.2) is 40.0 Å². The van der Waals surface area contributed by atoms with E-state index in [9.17, 15) is 9.59 Å². The van der Waals surface area contributed by atoms with Crippen molar-refractivity contribution in [2.24, 2.45) is 5.73 Å². The second-order valence-corrected chi connectivity index (χ2v) is 6.20. The van der Waals surface area contributed by atoms with Gasteiger partial charge in [0.1, 0.15) is 10.4 Å². The van der Waals surface area contributed by atoms with Crippen LogP contribution in [-0.2, 0) is 9.59 Å². The lowest BCUT2D eigenvalue weighted by Gasteiger charge is -2.33.